The van der Waals surface area contributed by atoms with E-state index in [1.54, 1.807) is 20.8 Å². The second-order valence-electron chi connectivity index (χ2n) is 9.09. The van der Waals surface area contributed by atoms with Crippen molar-refractivity contribution in [3.8, 4) is 5.75 Å². The zero-order chi connectivity index (χ0) is 24.9. The Morgan fingerprint density at radius 3 is 2.47 bits per heavy atom. The van der Waals surface area contributed by atoms with E-state index in [1.807, 2.05) is 0 Å². The number of carboxylic acid groups (broad SMARTS) is 1. The summed E-state index contributed by atoms with van der Waals surface area (Å²) in [5, 5.41) is 8.82. The summed E-state index contributed by atoms with van der Waals surface area (Å²) in [5.74, 6) is -4.89. The number of anilines is 1. The van der Waals surface area contributed by atoms with Gasteiger partial charge in [-0.3, -0.25) is 9.69 Å². The van der Waals surface area contributed by atoms with Crippen molar-refractivity contribution >= 4 is 28.7 Å². The summed E-state index contributed by atoms with van der Waals surface area (Å²) in [6.45, 7) is 4.92. The van der Waals surface area contributed by atoms with E-state index >= 15 is 8.78 Å². The maximum atomic E-state index is 15.6. The van der Waals surface area contributed by atoms with Crippen LogP contribution in [0.15, 0.2) is 35.1 Å². The summed E-state index contributed by atoms with van der Waals surface area (Å²) in [5.41, 5.74) is 2.33. The average molecular weight is 475 g/mol. The van der Waals surface area contributed by atoms with Gasteiger partial charge in [0.2, 0.25) is 11.2 Å². The number of nitrogens with zero attached hydrogens (tertiary/aromatic N) is 2. The van der Waals surface area contributed by atoms with Crippen LogP contribution in [0, 0.1) is 11.6 Å². The first-order valence-corrected chi connectivity index (χ1v) is 10.5. The van der Waals surface area contributed by atoms with Gasteiger partial charge in [0.25, 0.3) is 0 Å². The molecule has 34 heavy (non-hydrogen) atoms. The number of rotatable bonds is 4. The summed E-state index contributed by atoms with van der Waals surface area (Å²) in [4.78, 5) is 37.7. The topological polar surface area (TPSA) is 124 Å². The van der Waals surface area contributed by atoms with Crippen LogP contribution < -0.4 is 15.9 Å². The Kier molecular flexibility index (Phi) is 5.58. The number of hydrogen-bond acceptors (Lipinski definition) is 6. The number of nitrogen functional groups attached to an aromatic ring is 1. The van der Waals surface area contributed by atoms with Crippen molar-refractivity contribution in [2.45, 2.75) is 45.3 Å². The van der Waals surface area contributed by atoms with Gasteiger partial charge < -0.3 is 24.9 Å². The third kappa shape index (κ3) is 4.20. The molecule has 9 nitrogen and oxygen atoms in total. The van der Waals surface area contributed by atoms with Crippen LogP contribution in [0.3, 0.4) is 0 Å². The minimum absolute atomic E-state index is 0.0207. The molecular formula is C23H23F2N3O6. The summed E-state index contributed by atoms with van der Waals surface area (Å²) >= 11 is 0. The summed E-state index contributed by atoms with van der Waals surface area (Å²) in [6.07, 6.45) is 5.92. The highest BCUT2D eigenvalue weighted by molar-refractivity contribution is 5.98. The van der Waals surface area contributed by atoms with Gasteiger partial charge in [-0.25, -0.2) is 18.4 Å². The van der Waals surface area contributed by atoms with E-state index in [4.69, 9.17) is 15.2 Å². The van der Waals surface area contributed by atoms with E-state index < -0.39 is 57.1 Å². The monoisotopic (exact) mass is 475 g/mol. The molecule has 180 valence electrons. The average Bonchev–Trinajstić information content (AvgIpc) is 3.59. The number of nitrogens with two attached hydrogens (primary N) is 1. The molecule has 1 aromatic heterocycles. The van der Waals surface area contributed by atoms with Crippen LogP contribution in [0.25, 0.3) is 10.9 Å². The largest absolute Gasteiger partial charge is 0.477 e. The van der Waals surface area contributed by atoms with Crippen LogP contribution in [0.1, 0.15) is 50.0 Å². The fourth-order valence-electron chi connectivity index (χ4n) is 3.60. The number of carboxylic acids is 1. The molecule has 0 saturated heterocycles. The lowest BCUT2D eigenvalue weighted by molar-refractivity contribution is 0.0333. The molecule has 11 heteroatoms. The zero-order valence-electron chi connectivity index (χ0n) is 18.7. The smallest absolute Gasteiger partial charge is 0.414 e. The van der Waals surface area contributed by atoms with Crippen LogP contribution in [-0.4, -0.2) is 38.8 Å². The number of hydrogen-bond donors (Lipinski definition) is 2. The Labute approximate surface area is 192 Å². The lowest BCUT2D eigenvalue weighted by atomic mass is 10.1. The first-order chi connectivity index (χ1) is 15.9. The minimum Gasteiger partial charge on any atom is -0.477 e. The van der Waals surface area contributed by atoms with Crippen LogP contribution in [0.4, 0.5) is 19.3 Å². The minimum atomic E-state index is -1.52. The van der Waals surface area contributed by atoms with E-state index in [1.165, 1.54) is 27.8 Å². The molecule has 1 aliphatic heterocycles. The van der Waals surface area contributed by atoms with Crippen molar-refractivity contribution in [3.63, 3.8) is 0 Å². The number of pyridine rings is 1. The number of amides is 1. The molecule has 4 rings (SSSR count). The highest BCUT2D eigenvalue weighted by Gasteiger charge is 2.33. The molecule has 0 radical (unpaired) electrons. The maximum Gasteiger partial charge on any atom is 0.414 e. The molecule has 3 N–H and O–H groups in total. The number of aromatic nitrogens is 1. The van der Waals surface area contributed by atoms with Crippen molar-refractivity contribution < 1.29 is 33.0 Å². The number of carbonyl (C=O) groups excluding carboxylic acids is 1. The predicted molar refractivity (Wildman–Crippen MR) is 119 cm³/mol. The third-order valence-corrected chi connectivity index (χ3v) is 5.25. The molecule has 0 atom stereocenters. The Morgan fingerprint density at radius 1 is 1.21 bits per heavy atom. The van der Waals surface area contributed by atoms with Gasteiger partial charge in [0, 0.05) is 18.4 Å². The molecular weight excluding hydrogens is 452 g/mol. The van der Waals surface area contributed by atoms with Crippen molar-refractivity contribution in [1.29, 1.82) is 0 Å². The molecule has 2 aromatic rings. The Balaban J connectivity index is 1.77. The molecule has 0 bridgehead atoms. The van der Waals surface area contributed by atoms with Gasteiger partial charge in [-0.2, -0.15) is 0 Å². The summed E-state index contributed by atoms with van der Waals surface area (Å²) < 4.78 is 42.8. The number of carbonyl (C=O) groups is 2. The van der Waals surface area contributed by atoms with Gasteiger partial charge in [0.05, 0.1) is 23.1 Å². The van der Waals surface area contributed by atoms with E-state index in [0.717, 1.165) is 6.20 Å². The highest BCUT2D eigenvalue weighted by atomic mass is 19.1. The molecule has 2 aliphatic rings. The Hall–Kier alpha value is -3.89. The fraction of sp³-hybridized carbons (Fsp3) is 0.348. The molecule has 1 saturated carbocycles. The van der Waals surface area contributed by atoms with Gasteiger partial charge in [-0.05, 0) is 45.8 Å². The lowest BCUT2D eigenvalue weighted by Gasteiger charge is -2.27. The van der Waals surface area contributed by atoms with E-state index in [-0.39, 0.29) is 23.9 Å². The molecule has 1 amide bonds. The molecule has 2 heterocycles. The first-order valence-electron chi connectivity index (χ1n) is 10.5. The highest BCUT2D eigenvalue weighted by Crippen LogP contribution is 2.41. The number of halogens is 2. The predicted octanol–water partition coefficient (Wildman–Crippen LogP) is 3.92. The molecule has 0 unspecified atom stereocenters. The van der Waals surface area contributed by atoms with Crippen molar-refractivity contribution in [2.24, 2.45) is 0 Å². The molecule has 1 aliphatic carbocycles. The summed E-state index contributed by atoms with van der Waals surface area (Å²) in [7, 11) is 0. The zero-order valence-corrected chi connectivity index (χ0v) is 18.7. The Bertz CT molecular complexity index is 1340. The molecule has 0 spiro atoms. The summed E-state index contributed by atoms with van der Waals surface area (Å²) in [6, 6.07) is -0.257. The Morgan fingerprint density at radius 2 is 1.88 bits per heavy atom. The van der Waals surface area contributed by atoms with Gasteiger partial charge in [-0.1, -0.05) is 0 Å². The van der Waals surface area contributed by atoms with Crippen molar-refractivity contribution in [1.82, 2.24) is 9.47 Å². The third-order valence-electron chi connectivity index (χ3n) is 5.25. The second-order valence-corrected chi connectivity index (χ2v) is 9.09. The molecule has 1 aromatic carbocycles. The van der Waals surface area contributed by atoms with Crippen molar-refractivity contribution in [2.75, 3.05) is 12.3 Å². The second kappa shape index (κ2) is 8.15. The number of ether oxygens (including phenoxy) is 2. The number of allylic oxidation sites excluding steroid dienone is 2. The van der Waals surface area contributed by atoms with Crippen molar-refractivity contribution in [3.05, 3.63) is 57.7 Å². The van der Waals surface area contributed by atoms with Gasteiger partial charge in [0.1, 0.15) is 16.9 Å². The quantitative estimate of drug-likeness (QED) is 0.642. The van der Waals surface area contributed by atoms with Crippen LogP contribution in [0.5, 0.6) is 5.75 Å². The lowest BCUT2D eigenvalue weighted by Crippen LogP contribution is -2.36. The standard InChI is InChI=1S/C23H23F2N3O6/c1-23(2,3)34-22(32)27-8-4-5-12(9-27)33-20-15(24)17(26)14-18(16(20)25)28(11-6-7-11)10-13(19(14)29)21(30)31/h4-5,8,10-11H,6-7,9,26H2,1-3H3,(H,30,31). The normalized spacial score (nSPS) is 15.9. The number of benzene rings is 1. The van der Waals surface area contributed by atoms with Crippen LogP contribution in [0.2, 0.25) is 0 Å². The fourth-order valence-corrected chi connectivity index (χ4v) is 3.60. The van der Waals surface area contributed by atoms with Crippen LogP contribution >= 0.6 is 0 Å². The van der Waals surface area contributed by atoms with E-state index in [0.29, 0.717) is 12.8 Å². The van der Waals surface area contributed by atoms with Gasteiger partial charge >= 0.3 is 12.1 Å². The van der Waals surface area contributed by atoms with Gasteiger partial charge in [-0.15, -0.1) is 0 Å². The van der Waals surface area contributed by atoms with E-state index in [2.05, 4.69) is 0 Å². The number of aromatic carboxylic acids is 1. The van der Waals surface area contributed by atoms with E-state index in [9.17, 15) is 19.5 Å². The maximum absolute atomic E-state index is 15.6. The van der Waals surface area contributed by atoms with Gasteiger partial charge in [0.15, 0.2) is 11.6 Å². The van der Waals surface area contributed by atoms with Crippen LogP contribution in [-0.2, 0) is 4.74 Å². The number of fused-ring (bicyclic) bond motifs is 1. The SMILES string of the molecule is CC(C)(C)OC(=O)N1C=CC=C(Oc2c(F)c(N)c3c(=O)c(C(=O)O)cn(C4CC4)c3c2F)C1. The first kappa shape index (κ1) is 23.3. The molecule has 1 fully saturated rings.